The molecule has 80 valence electrons. The van der Waals surface area contributed by atoms with E-state index in [-0.39, 0.29) is 11.8 Å². The van der Waals surface area contributed by atoms with Crippen molar-refractivity contribution in [1.29, 1.82) is 0 Å². The molecule has 0 bridgehead atoms. The third kappa shape index (κ3) is 1.59. The van der Waals surface area contributed by atoms with E-state index in [0.717, 1.165) is 5.56 Å². The predicted molar refractivity (Wildman–Crippen MR) is 58.2 cm³/mol. The summed E-state index contributed by atoms with van der Waals surface area (Å²) >= 11 is 6.02. The molecule has 1 aliphatic rings. The maximum absolute atomic E-state index is 11.5. The fourth-order valence-electron chi connectivity index (χ4n) is 1.54. The molecular weight excluding hydrogens is 214 g/mol. The van der Waals surface area contributed by atoms with E-state index in [9.17, 15) is 4.79 Å². The van der Waals surface area contributed by atoms with Crippen LogP contribution in [0.2, 0.25) is 5.15 Å². The average molecular weight is 226 g/mol. The minimum atomic E-state index is 0.0158. The molecule has 0 aliphatic carbocycles. The van der Waals surface area contributed by atoms with Gasteiger partial charge in [-0.05, 0) is 0 Å². The number of aromatic nitrogens is 2. The molecule has 0 unspecified atom stereocenters. The van der Waals surface area contributed by atoms with Gasteiger partial charge in [-0.15, -0.1) is 0 Å². The van der Waals surface area contributed by atoms with E-state index in [1.807, 2.05) is 13.8 Å². The third-order valence-corrected chi connectivity index (χ3v) is 2.80. The third-order valence-electron chi connectivity index (χ3n) is 2.49. The average Bonchev–Trinajstić information content (AvgIpc) is 2.45. The summed E-state index contributed by atoms with van der Waals surface area (Å²) in [6.45, 7) is 3.99. The zero-order valence-corrected chi connectivity index (χ0v) is 9.67. The zero-order chi connectivity index (χ0) is 11.2. The van der Waals surface area contributed by atoms with E-state index >= 15 is 0 Å². The Morgan fingerprint density at radius 2 is 2.07 bits per heavy atom. The summed E-state index contributed by atoms with van der Waals surface area (Å²) in [5, 5.41) is 0.404. The fraction of sp³-hybridized carbons (Fsp3) is 0.500. The molecule has 5 heteroatoms. The molecule has 0 N–H and O–H groups in total. The second-order valence-electron chi connectivity index (χ2n) is 3.96. The molecule has 1 aromatic rings. The van der Waals surface area contributed by atoms with Crippen LogP contribution in [0.15, 0.2) is 0 Å². The highest BCUT2D eigenvalue weighted by Crippen LogP contribution is 2.31. The van der Waals surface area contributed by atoms with E-state index in [1.54, 1.807) is 7.05 Å². The van der Waals surface area contributed by atoms with Gasteiger partial charge in [-0.2, -0.15) is 0 Å². The lowest BCUT2D eigenvalue weighted by Gasteiger charge is -2.11. The van der Waals surface area contributed by atoms with Crippen LogP contribution in [0.4, 0.5) is 5.82 Å². The number of hydrogen-bond acceptors (Lipinski definition) is 3. The highest BCUT2D eigenvalue weighted by atomic mass is 35.5. The molecule has 0 aromatic carbocycles. The smallest absolute Gasteiger partial charge is 0.232 e. The van der Waals surface area contributed by atoms with E-state index in [4.69, 9.17) is 11.6 Å². The van der Waals surface area contributed by atoms with Crippen LogP contribution in [-0.2, 0) is 11.2 Å². The number of anilines is 1. The number of carbonyl (C=O) groups excluding carboxylic acids is 1. The van der Waals surface area contributed by atoms with Gasteiger partial charge in [-0.1, -0.05) is 25.4 Å². The number of amides is 1. The Hall–Kier alpha value is -1.16. The minimum absolute atomic E-state index is 0.0158. The summed E-state index contributed by atoms with van der Waals surface area (Å²) in [5.74, 6) is 1.56. The van der Waals surface area contributed by atoms with Gasteiger partial charge in [0.2, 0.25) is 5.91 Å². The molecular formula is C10H12ClN3O. The number of likely N-dealkylation sites (N-methyl/N-ethyl adjacent to an activating group) is 1. The maximum Gasteiger partial charge on any atom is 0.232 e. The molecule has 1 aromatic heterocycles. The Kier molecular flexibility index (Phi) is 2.38. The quantitative estimate of drug-likeness (QED) is 0.685. The molecule has 15 heavy (non-hydrogen) atoms. The molecule has 0 fully saturated rings. The summed E-state index contributed by atoms with van der Waals surface area (Å²) in [5.41, 5.74) is 0.744. The van der Waals surface area contributed by atoms with Crippen molar-refractivity contribution in [2.75, 3.05) is 11.9 Å². The van der Waals surface area contributed by atoms with Gasteiger partial charge in [0.15, 0.2) is 0 Å². The summed E-state index contributed by atoms with van der Waals surface area (Å²) in [7, 11) is 1.71. The molecule has 0 radical (unpaired) electrons. The van der Waals surface area contributed by atoms with E-state index in [1.165, 1.54) is 4.90 Å². The van der Waals surface area contributed by atoms with Gasteiger partial charge in [0.1, 0.15) is 16.8 Å². The van der Waals surface area contributed by atoms with Crippen molar-refractivity contribution in [3.63, 3.8) is 0 Å². The maximum atomic E-state index is 11.5. The van der Waals surface area contributed by atoms with Gasteiger partial charge in [0.25, 0.3) is 0 Å². The number of fused-ring (bicyclic) bond motifs is 1. The molecule has 0 atom stereocenters. The first-order chi connectivity index (χ1) is 7.00. The standard InChI is InChI=1S/C10H12ClN3O/c1-5(2)9-12-8(11)6-4-7(15)14(3)10(6)13-9/h5H,4H2,1-3H3. The largest absolute Gasteiger partial charge is 0.299 e. The molecule has 2 rings (SSSR count). The molecule has 1 aliphatic heterocycles. The Balaban J connectivity index is 2.57. The van der Waals surface area contributed by atoms with Gasteiger partial charge in [0, 0.05) is 18.5 Å². The second-order valence-corrected chi connectivity index (χ2v) is 4.32. The van der Waals surface area contributed by atoms with Crippen molar-refractivity contribution in [3.8, 4) is 0 Å². The first-order valence-corrected chi connectivity index (χ1v) is 5.21. The van der Waals surface area contributed by atoms with Crippen LogP contribution >= 0.6 is 11.6 Å². The van der Waals surface area contributed by atoms with Crippen molar-refractivity contribution in [2.45, 2.75) is 26.2 Å². The van der Waals surface area contributed by atoms with E-state index < -0.39 is 0 Å². The molecule has 2 heterocycles. The molecule has 4 nitrogen and oxygen atoms in total. The van der Waals surface area contributed by atoms with Crippen LogP contribution in [0.25, 0.3) is 0 Å². The summed E-state index contributed by atoms with van der Waals surface area (Å²) in [6, 6.07) is 0. The van der Waals surface area contributed by atoms with E-state index in [2.05, 4.69) is 9.97 Å². The lowest BCUT2D eigenvalue weighted by molar-refractivity contribution is -0.117. The van der Waals surface area contributed by atoms with Gasteiger partial charge >= 0.3 is 0 Å². The van der Waals surface area contributed by atoms with Crippen molar-refractivity contribution in [1.82, 2.24) is 9.97 Å². The molecule has 1 amide bonds. The summed E-state index contributed by atoms with van der Waals surface area (Å²) in [4.78, 5) is 21.5. The first-order valence-electron chi connectivity index (χ1n) is 4.83. The number of nitrogens with zero attached hydrogens (tertiary/aromatic N) is 3. The second kappa shape index (κ2) is 3.45. The predicted octanol–water partition coefficient (Wildman–Crippen LogP) is 1.77. The Bertz CT molecular complexity index is 431. The van der Waals surface area contributed by atoms with Crippen molar-refractivity contribution >= 4 is 23.3 Å². The highest BCUT2D eigenvalue weighted by molar-refractivity contribution is 6.31. The van der Waals surface area contributed by atoms with Gasteiger partial charge in [-0.3, -0.25) is 9.69 Å². The van der Waals surface area contributed by atoms with Crippen molar-refractivity contribution in [3.05, 3.63) is 16.5 Å². The number of halogens is 1. The van der Waals surface area contributed by atoms with Crippen molar-refractivity contribution < 1.29 is 4.79 Å². The topological polar surface area (TPSA) is 46.1 Å². The zero-order valence-electron chi connectivity index (χ0n) is 8.91. The normalized spacial score (nSPS) is 15.0. The van der Waals surface area contributed by atoms with Crippen LogP contribution in [0.3, 0.4) is 0 Å². The van der Waals surface area contributed by atoms with E-state index in [0.29, 0.717) is 23.2 Å². The SMILES string of the molecule is CC(C)c1nc(Cl)c2c(n1)N(C)C(=O)C2. The fourth-order valence-corrected chi connectivity index (χ4v) is 1.77. The monoisotopic (exact) mass is 225 g/mol. The van der Waals surface area contributed by atoms with Gasteiger partial charge in [0.05, 0.1) is 6.42 Å². The molecule has 0 saturated carbocycles. The Morgan fingerprint density at radius 3 is 2.67 bits per heavy atom. The Morgan fingerprint density at radius 1 is 1.40 bits per heavy atom. The van der Waals surface area contributed by atoms with Crippen LogP contribution in [0.5, 0.6) is 0 Å². The number of hydrogen-bond donors (Lipinski definition) is 0. The van der Waals surface area contributed by atoms with Crippen LogP contribution in [0.1, 0.15) is 31.2 Å². The summed E-state index contributed by atoms with van der Waals surface area (Å²) in [6.07, 6.45) is 0.309. The van der Waals surface area contributed by atoms with Crippen LogP contribution < -0.4 is 4.90 Å². The van der Waals surface area contributed by atoms with Gasteiger partial charge in [-0.25, -0.2) is 9.97 Å². The first kappa shape index (κ1) is 10.4. The van der Waals surface area contributed by atoms with Crippen LogP contribution in [0, 0.1) is 0 Å². The minimum Gasteiger partial charge on any atom is -0.299 e. The Labute approximate surface area is 93.3 Å². The number of carbonyl (C=O) groups is 1. The van der Waals surface area contributed by atoms with Gasteiger partial charge < -0.3 is 0 Å². The van der Waals surface area contributed by atoms with Crippen molar-refractivity contribution in [2.24, 2.45) is 0 Å². The highest BCUT2D eigenvalue weighted by Gasteiger charge is 2.29. The lowest BCUT2D eigenvalue weighted by Crippen LogP contribution is -2.21. The number of rotatable bonds is 1. The molecule has 0 spiro atoms. The summed E-state index contributed by atoms with van der Waals surface area (Å²) < 4.78 is 0. The lowest BCUT2D eigenvalue weighted by atomic mass is 10.2. The molecule has 0 saturated heterocycles. The van der Waals surface area contributed by atoms with Crippen LogP contribution in [-0.4, -0.2) is 22.9 Å².